The van der Waals surface area contributed by atoms with E-state index in [0.717, 1.165) is 12.0 Å². The van der Waals surface area contributed by atoms with Crippen LogP contribution in [0.25, 0.3) is 5.57 Å². The number of aromatic amines is 1. The predicted octanol–water partition coefficient (Wildman–Crippen LogP) is 3.41. The molecule has 1 aromatic rings. The van der Waals surface area contributed by atoms with Crippen molar-refractivity contribution >= 4 is 5.57 Å². The molecule has 0 atom stereocenters. The minimum atomic E-state index is 0.00353. The summed E-state index contributed by atoms with van der Waals surface area (Å²) >= 11 is 0. The van der Waals surface area contributed by atoms with E-state index in [9.17, 15) is 5.11 Å². The number of aromatic hydroxyl groups is 2. The van der Waals surface area contributed by atoms with Crippen molar-refractivity contribution in [3.8, 4) is 11.8 Å². The van der Waals surface area contributed by atoms with Crippen molar-refractivity contribution in [1.29, 1.82) is 0 Å². The van der Waals surface area contributed by atoms with Gasteiger partial charge >= 0.3 is 0 Å². The Bertz CT molecular complexity index is 339. The van der Waals surface area contributed by atoms with Crippen molar-refractivity contribution in [1.82, 2.24) is 4.98 Å². The van der Waals surface area contributed by atoms with Gasteiger partial charge in [-0.3, -0.25) is 4.98 Å². The van der Waals surface area contributed by atoms with E-state index in [-0.39, 0.29) is 11.8 Å². The van der Waals surface area contributed by atoms with E-state index in [2.05, 4.69) is 18.0 Å². The van der Waals surface area contributed by atoms with Crippen molar-refractivity contribution in [2.75, 3.05) is 0 Å². The summed E-state index contributed by atoms with van der Waals surface area (Å²) in [6.07, 6.45) is 6.73. The van der Waals surface area contributed by atoms with Gasteiger partial charge in [-0.2, -0.15) is 0 Å². The monoisotopic (exact) mass is 209 g/mol. The second-order valence-electron chi connectivity index (χ2n) is 3.80. The maximum atomic E-state index is 9.45. The summed E-state index contributed by atoms with van der Waals surface area (Å²) in [5.74, 6) is 0.0422. The Balaban J connectivity index is 2.59. The molecule has 0 bridgehead atoms. The summed E-state index contributed by atoms with van der Waals surface area (Å²) in [4.78, 5) is 2.46. The van der Waals surface area contributed by atoms with Gasteiger partial charge in [0.25, 0.3) is 0 Å². The largest absolute Gasteiger partial charge is 0.494 e. The molecule has 0 aliphatic heterocycles. The highest BCUT2D eigenvalue weighted by atomic mass is 16.3. The normalized spacial score (nSPS) is 12.0. The van der Waals surface area contributed by atoms with Crippen LogP contribution in [0, 0.1) is 0 Å². The summed E-state index contributed by atoms with van der Waals surface area (Å²) in [6, 6.07) is 1.54. The predicted molar refractivity (Wildman–Crippen MR) is 61.9 cm³/mol. The standard InChI is InChI=1S/C12H19NO2/c1-3-4-5-6-7-9(2)10-8-11(14)13-12(10)15/h7-8,13-15H,3-6H2,1-2H3. The minimum absolute atomic E-state index is 0.00353. The molecule has 0 aromatic carbocycles. The Labute approximate surface area is 90.5 Å². The Hall–Kier alpha value is -1.38. The zero-order chi connectivity index (χ0) is 11.3. The van der Waals surface area contributed by atoms with Crippen LogP contribution in [0.2, 0.25) is 0 Å². The smallest absolute Gasteiger partial charge is 0.198 e. The molecule has 0 spiro atoms. The molecule has 1 aromatic heterocycles. The summed E-state index contributed by atoms with van der Waals surface area (Å²) in [7, 11) is 0. The first-order valence-corrected chi connectivity index (χ1v) is 5.43. The van der Waals surface area contributed by atoms with Gasteiger partial charge in [-0.05, 0) is 25.3 Å². The van der Waals surface area contributed by atoms with E-state index in [1.165, 1.54) is 19.3 Å². The molecular formula is C12H19NO2. The number of unbranched alkanes of at least 4 members (excludes halogenated alkanes) is 3. The maximum absolute atomic E-state index is 9.45. The SMILES string of the molecule is CCCCCC=C(C)c1cc(O)[nH]c1O. The lowest BCUT2D eigenvalue weighted by Crippen LogP contribution is -1.78. The van der Waals surface area contributed by atoms with Crippen LogP contribution in [0.3, 0.4) is 0 Å². The van der Waals surface area contributed by atoms with Gasteiger partial charge in [-0.1, -0.05) is 25.8 Å². The van der Waals surface area contributed by atoms with Crippen molar-refractivity contribution < 1.29 is 10.2 Å². The van der Waals surface area contributed by atoms with Crippen molar-refractivity contribution in [3.05, 3.63) is 17.7 Å². The highest BCUT2D eigenvalue weighted by molar-refractivity contribution is 5.68. The van der Waals surface area contributed by atoms with E-state index in [4.69, 9.17) is 5.11 Å². The number of H-pyrrole nitrogens is 1. The van der Waals surface area contributed by atoms with Gasteiger partial charge in [0.05, 0.1) is 0 Å². The lowest BCUT2D eigenvalue weighted by Gasteiger charge is -1.99. The third-order valence-corrected chi connectivity index (χ3v) is 2.47. The van der Waals surface area contributed by atoms with Crippen LogP contribution in [-0.2, 0) is 0 Å². The van der Waals surface area contributed by atoms with Crippen molar-refractivity contribution in [3.63, 3.8) is 0 Å². The molecule has 0 unspecified atom stereocenters. The summed E-state index contributed by atoms with van der Waals surface area (Å²) in [6.45, 7) is 4.11. The first-order valence-electron chi connectivity index (χ1n) is 5.43. The fourth-order valence-corrected chi connectivity index (χ4v) is 1.55. The molecular weight excluding hydrogens is 190 g/mol. The van der Waals surface area contributed by atoms with Crippen LogP contribution in [0.5, 0.6) is 11.8 Å². The molecule has 3 N–H and O–H groups in total. The first kappa shape index (κ1) is 11.7. The molecule has 84 valence electrons. The van der Waals surface area contributed by atoms with Gasteiger partial charge in [0.15, 0.2) is 11.8 Å². The number of aromatic nitrogens is 1. The fraction of sp³-hybridized carbons (Fsp3) is 0.500. The van der Waals surface area contributed by atoms with Crippen LogP contribution >= 0.6 is 0 Å². The lowest BCUT2D eigenvalue weighted by atomic mass is 10.1. The van der Waals surface area contributed by atoms with Crippen LogP contribution in [0.15, 0.2) is 12.1 Å². The summed E-state index contributed by atoms with van der Waals surface area (Å²) < 4.78 is 0. The molecule has 0 aliphatic rings. The first-order chi connectivity index (χ1) is 7.15. The molecule has 3 heteroatoms. The van der Waals surface area contributed by atoms with Gasteiger partial charge in [0.2, 0.25) is 0 Å². The average Bonchev–Trinajstić information content (AvgIpc) is 2.52. The number of nitrogens with one attached hydrogen (secondary N) is 1. The van der Waals surface area contributed by atoms with Crippen LogP contribution in [-0.4, -0.2) is 15.2 Å². The molecule has 0 aliphatic carbocycles. The van der Waals surface area contributed by atoms with Crippen molar-refractivity contribution in [2.45, 2.75) is 39.5 Å². The zero-order valence-corrected chi connectivity index (χ0v) is 9.38. The average molecular weight is 209 g/mol. The second kappa shape index (κ2) is 5.49. The number of allylic oxidation sites excluding steroid dienone is 2. The van der Waals surface area contributed by atoms with Crippen LogP contribution in [0.1, 0.15) is 45.1 Å². The third kappa shape index (κ3) is 3.35. The number of hydrogen-bond acceptors (Lipinski definition) is 2. The highest BCUT2D eigenvalue weighted by Gasteiger charge is 2.06. The maximum Gasteiger partial charge on any atom is 0.198 e. The third-order valence-electron chi connectivity index (χ3n) is 2.47. The summed E-state index contributed by atoms with van der Waals surface area (Å²) in [5.41, 5.74) is 1.68. The highest BCUT2D eigenvalue weighted by Crippen LogP contribution is 2.28. The number of hydrogen-bond donors (Lipinski definition) is 3. The quantitative estimate of drug-likeness (QED) is 0.651. The molecule has 1 heterocycles. The van der Waals surface area contributed by atoms with E-state index in [0.29, 0.717) is 5.56 Å². The molecule has 0 radical (unpaired) electrons. The van der Waals surface area contributed by atoms with Crippen molar-refractivity contribution in [2.24, 2.45) is 0 Å². The molecule has 0 fully saturated rings. The Kier molecular flexibility index (Phi) is 4.28. The molecule has 0 amide bonds. The minimum Gasteiger partial charge on any atom is -0.494 e. The van der Waals surface area contributed by atoms with E-state index in [1.807, 2.05) is 6.92 Å². The van der Waals surface area contributed by atoms with Crippen LogP contribution < -0.4 is 0 Å². The van der Waals surface area contributed by atoms with E-state index in [1.54, 1.807) is 6.07 Å². The Morgan fingerprint density at radius 1 is 1.40 bits per heavy atom. The zero-order valence-electron chi connectivity index (χ0n) is 9.38. The van der Waals surface area contributed by atoms with Gasteiger partial charge in [-0.15, -0.1) is 0 Å². The molecule has 0 saturated carbocycles. The Morgan fingerprint density at radius 2 is 2.13 bits per heavy atom. The fourth-order valence-electron chi connectivity index (χ4n) is 1.55. The number of rotatable bonds is 5. The van der Waals surface area contributed by atoms with Crippen LogP contribution in [0.4, 0.5) is 0 Å². The van der Waals surface area contributed by atoms with Gasteiger partial charge in [0, 0.05) is 11.6 Å². The molecule has 15 heavy (non-hydrogen) atoms. The van der Waals surface area contributed by atoms with Gasteiger partial charge in [0.1, 0.15) is 0 Å². The van der Waals surface area contributed by atoms with E-state index >= 15 is 0 Å². The second-order valence-corrected chi connectivity index (χ2v) is 3.80. The molecule has 0 saturated heterocycles. The topological polar surface area (TPSA) is 56.2 Å². The lowest BCUT2D eigenvalue weighted by molar-refractivity contribution is 0.425. The van der Waals surface area contributed by atoms with Gasteiger partial charge < -0.3 is 10.2 Å². The molecule has 3 nitrogen and oxygen atoms in total. The molecule has 1 rings (SSSR count). The Morgan fingerprint density at radius 3 is 2.67 bits per heavy atom. The summed E-state index contributed by atoms with van der Waals surface area (Å²) in [5, 5.41) is 18.6. The van der Waals surface area contributed by atoms with Gasteiger partial charge in [-0.25, -0.2) is 0 Å². The van der Waals surface area contributed by atoms with E-state index < -0.39 is 0 Å².